The summed E-state index contributed by atoms with van der Waals surface area (Å²) in [4.78, 5) is 20.1. The first-order valence-electron chi connectivity index (χ1n) is 8.93. The third kappa shape index (κ3) is 4.17. The molecule has 0 bridgehead atoms. The lowest BCUT2D eigenvalue weighted by molar-refractivity contribution is -0.145. The van der Waals surface area contributed by atoms with Gasteiger partial charge in [-0.25, -0.2) is 9.97 Å². The average molecular weight is 447 g/mol. The molecule has 2 aromatic carbocycles. The number of aromatic nitrogens is 3. The highest BCUT2D eigenvalue weighted by molar-refractivity contribution is 6.31. The molecule has 0 saturated carbocycles. The Hall–Kier alpha value is -3.59. The van der Waals surface area contributed by atoms with Gasteiger partial charge < -0.3 is 10.1 Å². The molecule has 1 N–H and O–H groups in total. The normalized spacial score (nSPS) is 11.5. The Kier molecular flexibility index (Phi) is 5.28. The Balaban J connectivity index is 1.69. The number of methoxy groups -OCH3 is 1. The Morgan fingerprint density at radius 3 is 2.58 bits per heavy atom. The maximum absolute atomic E-state index is 13.6. The number of rotatable bonds is 4. The summed E-state index contributed by atoms with van der Waals surface area (Å²) in [6, 6.07) is 13.6. The van der Waals surface area contributed by atoms with Crippen molar-refractivity contribution in [1.29, 1.82) is 0 Å². The van der Waals surface area contributed by atoms with E-state index < -0.39 is 17.9 Å². The van der Waals surface area contributed by atoms with E-state index in [-0.39, 0.29) is 22.5 Å². The molecule has 0 fully saturated rings. The molecule has 4 aromatic rings. The Labute approximate surface area is 179 Å². The highest BCUT2D eigenvalue weighted by Gasteiger charge is 2.38. The summed E-state index contributed by atoms with van der Waals surface area (Å²) in [5.41, 5.74) is 0.837. The van der Waals surface area contributed by atoms with Crippen molar-refractivity contribution in [2.45, 2.75) is 6.18 Å². The van der Waals surface area contributed by atoms with Crippen LogP contribution in [-0.2, 0) is 6.18 Å². The van der Waals surface area contributed by atoms with Gasteiger partial charge in [0.25, 0.3) is 5.91 Å². The summed E-state index contributed by atoms with van der Waals surface area (Å²) in [5.74, 6) is -0.969. The van der Waals surface area contributed by atoms with Crippen molar-refractivity contribution in [3.63, 3.8) is 0 Å². The number of nitrogens with zero attached hydrogens (tertiary/aromatic N) is 3. The number of imidazole rings is 1. The molecule has 0 spiro atoms. The Morgan fingerprint density at radius 1 is 1.13 bits per heavy atom. The molecule has 1 amide bonds. The quantitative estimate of drug-likeness (QED) is 0.458. The zero-order valence-electron chi connectivity index (χ0n) is 15.9. The van der Waals surface area contributed by atoms with Crippen LogP contribution in [0.2, 0.25) is 5.02 Å². The predicted molar refractivity (Wildman–Crippen MR) is 110 cm³/mol. The van der Waals surface area contributed by atoms with E-state index in [0.717, 1.165) is 4.57 Å². The molecule has 0 atom stereocenters. The molecule has 4 rings (SSSR count). The SMILES string of the molecule is COc1ccc2c(c1)nc(C(F)(F)F)n2-c1ccc(NC(=O)c2cccc(Cl)c2)nc1. The molecular weight excluding hydrogens is 433 g/mol. The van der Waals surface area contributed by atoms with Crippen LogP contribution in [-0.4, -0.2) is 27.6 Å². The molecule has 10 heteroatoms. The van der Waals surface area contributed by atoms with E-state index in [1.54, 1.807) is 24.3 Å². The van der Waals surface area contributed by atoms with Crippen LogP contribution in [0.5, 0.6) is 5.75 Å². The molecule has 0 saturated heterocycles. The van der Waals surface area contributed by atoms with Gasteiger partial charge in [-0.15, -0.1) is 0 Å². The number of pyridine rings is 1. The lowest BCUT2D eigenvalue weighted by Crippen LogP contribution is -2.15. The fourth-order valence-electron chi connectivity index (χ4n) is 3.05. The first kappa shape index (κ1) is 20.7. The fraction of sp³-hybridized carbons (Fsp3) is 0.0952. The van der Waals surface area contributed by atoms with E-state index in [2.05, 4.69) is 15.3 Å². The number of halogens is 4. The molecular formula is C21H14ClF3N4O2. The number of carbonyl (C=O) groups is 1. The lowest BCUT2D eigenvalue weighted by Gasteiger charge is -2.12. The van der Waals surface area contributed by atoms with E-state index in [0.29, 0.717) is 16.3 Å². The summed E-state index contributed by atoms with van der Waals surface area (Å²) in [7, 11) is 1.42. The summed E-state index contributed by atoms with van der Waals surface area (Å²) >= 11 is 5.88. The highest BCUT2D eigenvalue weighted by Crippen LogP contribution is 2.34. The number of hydrogen-bond acceptors (Lipinski definition) is 4. The van der Waals surface area contributed by atoms with Gasteiger partial charge in [-0.2, -0.15) is 13.2 Å². The van der Waals surface area contributed by atoms with Crippen LogP contribution in [0.3, 0.4) is 0 Å². The molecule has 2 aromatic heterocycles. The largest absolute Gasteiger partial charge is 0.497 e. The molecule has 0 radical (unpaired) electrons. The zero-order valence-corrected chi connectivity index (χ0v) is 16.7. The van der Waals surface area contributed by atoms with Crippen LogP contribution < -0.4 is 10.1 Å². The molecule has 6 nitrogen and oxygen atoms in total. The smallest absolute Gasteiger partial charge is 0.450 e. The van der Waals surface area contributed by atoms with Gasteiger partial charge in [-0.05, 0) is 42.5 Å². The van der Waals surface area contributed by atoms with Crippen molar-refractivity contribution in [3.05, 3.63) is 77.2 Å². The number of anilines is 1. The lowest BCUT2D eigenvalue weighted by atomic mass is 10.2. The minimum atomic E-state index is -4.69. The maximum Gasteiger partial charge on any atom is 0.450 e. The number of benzene rings is 2. The van der Waals surface area contributed by atoms with Crippen molar-refractivity contribution >= 4 is 34.4 Å². The number of amides is 1. The fourth-order valence-corrected chi connectivity index (χ4v) is 3.24. The number of carbonyl (C=O) groups excluding carboxylic acids is 1. The van der Waals surface area contributed by atoms with Crippen LogP contribution in [0, 0.1) is 0 Å². The monoisotopic (exact) mass is 446 g/mol. The van der Waals surface area contributed by atoms with Crippen LogP contribution in [0.15, 0.2) is 60.8 Å². The molecule has 31 heavy (non-hydrogen) atoms. The first-order chi connectivity index (χ1) is 14.8. The minimum absolute atomic E-state index is 0.130. The Bertz CT molecular complexity index is 1270. The van der Waals surface area contributed by atoms with Gasteiger partial charge in [0.1, 0.15) is 11.6 Å². The molecule has 0 unspecified atom stereocenters. The van der Waals surface area contributed by atoms with Crippen molar-refractivity contribution in [2.75, 3.05) is 12.4 Å². The second-order valence-electron chi connectivity index (χ2n) is 6.49. The van der Waals surface area contributed by atoms with Crippen LogP contribution >= 0.6 is 11.6 Å². The number of nitrogens with one attached hydrogen (secondary N) is 1. The van der Waals surface area contributed by atoms with Gasteiger partial charge in [0.15, 0.2) is 0 Å². The third-order valence-corrected chi connectivity index (χ3v) is 4.68. The Morgan fingerprint density at radius 2 is 1.94 bits per heavy atom. The standard InChI is InChI=1S/C21H14ClF3N4O2/c1-31-15-6-7-17-16(10-15)27-20(21(23,24)25)29(17)14-5-8-18(26-11-14)28-19(30)12-3-2-4-13(22)9-12/h2-11H,1H3,(H,26,28,30). The van der Waals surface area contributed by atoms with Gasteiger partial charge in [0.2, 0.25) is 5.82 Å². The summed E-state index contributed by atoms with van der Waals surface area (Å²) in [6.07, 6.45) is -3.46. The van der Waals surface area contributed by atoms with E-state index in [9.17, 15) is 18.0 Å². The van der Waals surface area contributed by atoms with Crippen molar-refractivity contribution in [2.24, 2.45) is 0 Å². The van der Waals surface area contributed by atoms with Gasteiger partial charge in [-0.3, -0.25) is 9.36 Å². The number of fused-ring (bicyclic) bond motifs is 1. The number of ether oxygens (including phenoxy) is 1. The van der Waals surface area contributed by atoms with Crippen LogP contribution in [0.25, 0.3) is 16.7 Å². The second-order valence-corrected chi connectivity index (χ2v) is 6.93. The molecule has 0 aliphatic carbocycles. The van der Waals surface area contributed by atoms with Crippen LogP contribution in [0.1, 0.15) is 16.2 Å². The minimum Gasteiger partial charge on any atom is -0.497 e. The van der Waals surface area contributed by atoms with Crippen molar-refractivity contribution in [1.82, 2.24) is 14.5 Å². The van der Waals surface area contributed by atoms with Crippen molar-refractivity contribution < 1.29 is 22.7 Å². The average Bonchev–Trinajstić information content (AvgIpc) is 3.13. The zero-order chi connectivity index (χ0) is 22.2. The highest BCUT2D eigenvalue weighted by atomic mass is 35.5. The number of alkyl halides is 3. The third-order valence-electron chi connectivity index (χ3n) is 4.45. The molecule has 0 aliphatic heterocycles. The topological polar surface area (TPSA) is 69.0 Å². The summed E-state index contributed by atoms with van der Waals surface area (Å²) in [5, 5.41) is 2.98. The van der Waals surface area contributed by atoms with Gasteiger partial charge in [0, 0.05) is 16.7 Å². The number of hydrogen-bond donors (Lipinski definition) is 1. The summed E-state index contributed by atoms with van der Waals surface area (Å²) in [6.45, 7) is 0. The predicted octanol–water partition coefficient (Wildman–Crippen LogP) is 5.35. The first-order valence-corrected chi connectivity index (χ1v) is 9.31. The molecule has 0 aliphatic rings. The summed E-state index contributed by atoms with van der Waals surface area (Å²) < 4.78 is 46.9. The van der Waals surface area contributed by atoms with Crippen LogP contribution in [0.4, 0.5) is 19.0 Å². The second kappa shape index (κ2) is 7.92. The van der Waals surface area contributed by atoms with Gasteiger partial charge in [0.05, 0.1) is 30.0 Å². The maximum atomic E-state index is 13.6. The van der Waals surface area contributed by atoms with Gasteiger partial charge >= 0.3 is 6.18 Å². The van der Waals surface area contributed by atoms with E-state index in [1.165, 1.54) is 43.6 Å². The van der Waals surface area contributed by atoms with Gasteiger partial charge in [-0.1, -0.05) is 17.7 Å². The molecule has 158 valence electrons. The van der Waals surface area contributed by atoms with E-state index >= 15 is 0 Å². The van der Waals surface area contributed by atoms with Crippen molar-refractivity contribution in [3.8, 4) is 11.4 Å². The molecule has 2 heterocycles. The van der Waals surface area contributed by atoms with E-state index in [1.807, 2.05) is 0 Å². The van der Waals surface area contributed by atoms with E-state index in [4.69, 9.17) is 16.3 Å².